The van der Waals surface area contributed by atoms with E-state index in [1.165, 1.54) is 6.20 Å². The third kappa shape index (κ3) is 3.74. The molecule has 2 fully saturated rings. The number of halogens is 2. The quantitative estimate of drug-likeness (QED) is 0.664. The molecule has 2 saturated heterocycles. The number of benzene rings is 1. The monoisotopic (exact) mass is 427 g/mol. The Labute approximate surface area is 178 Å². The van der Waals surface area contributed by atoms with E-state index < -0.39 is 23.8 Å². The van der Waals surface area contributed by atoms with Crippen molar-refractivity contribution in [2.75, 3.05) is 0 Å². The molecule has 4 atom stereocenters. The maximum atomic E-state index is 14.8. The summed E-state index contributed by atoms with van der Waals surface area (Å²) in [5, 5.41) is 25.8. The maximum absolute atomic E-state index is 14.8. The molecule has 0 radical (unpaired) electrons. The van der Waals surface area contributed by atoms with E-state index >= 15 is 0 Å². The zero-order valence-electron chi connectivity index (χ0n) is 17.0. The molecule has 31 heavy (non-hydrogen) atoms. The first-order chi connectivity index (χ1) is 15.0. The van der Waals surface area contributed by atoms with E-state index in [4.69, 9.17) is 4.74 Å². The second kappa shape index (κ2) is 7.88. The lowest BCUT2D eigenvalue weighted by atomic mass is 9.84. The molecule has 0 amide bonds. The van der Waals surface area contributed by atoms with Crippen molar-refractivity contribution in [2.45, 2.75) is 50.0 Å². The topological polar surface area (TPSA) is 85.1 Å². The number of aromatic hydroxyl groups is 1. The fraction of sp³-hybridized carbons (Fsp3) is 0.409. The molecule has 3 aromatic rings. The van der Waals surface area contributed by atoms with Crippen LogP contribution in [0.4, 0.5) is 8.78 Å². The molecule has 0 saturated carbocycles. The first-order valence-corrected chi connectivity index (χ1v) is 10.4. The van der Waals surface area contributed by atoms with Crippen molar-refractivity contribution in [3.8, 4) is 34.0 Å². The van der Waals surface area contributed by atoms with Crippen LogP contribution >= 0.6 is 0 Å². The van der Waals surface area contributed by atoms with E-state index in [-0.39, 0.29) is 29.1 Å². The third-order valence-electron chi connectivity index (χ3n) is 6.09. The number of hydrogen-bond donors (Lipinski definition) is 2. The number of ether oxygens (including phenoxy) is 1. The zero-order chi connectivity index (χ0) is 21.5. The van der Waals surface area contributed by atoms with Gasteiger partial charge in [0.2, 0.25) is 5.88 Å². The van der Waals surface area contributed by atoms with Crippen molar-refractivity contribution in [3.05, 3.63) is 42.5 Å². The zero-order valence-corrected chi connectivity index (χ0v) is 17.0. The molecule has 2 aliphatic rings. The highest BCUT2D eigenvalue weighted by Gasteiger charge is 2.41. The number of hydrogen-bond acceptors (Lipinski definition) is 6. The summed E-state index contributed by atoms with van der Waals surface area (Å²) in [6.07, 6.45) is 4.97. The van der Waals surface area contributed by atoms with Crippen LogP contribution < -0.4 is 10.1 Å². The Balaban J connectivity index is 1.35. The van der Waals surface area contributed by atoms with E-state index in [1.54, 1.807) is 42.2 Å². The molecule has 0 aliphatic carbocycles. The van der Waals surface area contributed by atoms with Crippen LogP contribution in [-0.4, -0.2) is 49.4 Å². The van der Waals surface area contributed by atoms with Gasteiger partial charge in [-0.1, -0.05) is 12.5 Å². The van der Waals surface area contributed by atoms with E-state index in [0.717, 1.165) is 19.3 Å². The lowest BCUT2D eigenvalue weighted by Crippen LogP contribution is -2.59. The van der Waals surface area contributed by atoms with Crippen molar-refractivity contribution in [1.82, 2.24) is 25.3 Å². The molecule has 5 rings (SSSR count). The summed E-state index contributed by atoms with van der Waals surface area (Å²) in [5.41, 5.74) is 1.31. The second-order valence-electron chi connectivity index (χ2n) is 8.22. The Kier molecular flexibility index (Phi) is 5.05. The first kappa shape index (κ1) is 19.9. The van der Waals surface area contributed by atoms with Crippen molar-refractivity contribution >= 4 is 0 Å². The highest BCUT2D eigenvalue weighted by Crippen LogP contribution is 2.36. The Morgan fingerprint density at radius 3 is 2.74 bits per heavy atom. The van der Waals surface area contributed by atoms with Gasteiger partial charge < -0.3 is 15.2 Å². The standard InChI is InChI=1S/C22H23F2N5O2/c1-29-11-12(10-25-29)14-5-6-15(22(30)20(14)23)16-7-8-19(28-27-16)31-18-9-13-3-2-4-17(26-13)21(18)24/h5-8,10-11,13,17-18,21,26,30H,2-4,9H2,1H3/t13-,17+,18-,21+/m1/s1. The van der Waals surface area contributed by atoms with Gasteiger partial charge in [0, 0.05) is 54.5 Å². The van der Waals surface area contributed by atoms with Crippen LogP contribution in [0, 0.1) is 5.82 Å². The molecule has 2 aliphatic heterocycles. The fourth-order valence-corrected chi connectivity index (χ4v) is 4.51. The lowest BCUT2D eigenvalue weighted by molar-refractivity contribution is 0.00652. The molecular formula is C22H23F2N5O2. The first-order valence-electron chi connectivity index (χ1n) is 10.4. The summed E-state index contributed by atoms with van der Waals surface area (Å²) < 4.78 is 36.8. The Bertz CT molecular complexity index is 1090. The number of aryl methyl sites for hydroxylation is 1. The van der Waals surface area contributed by atoms with E-state index in [0.29, 0.717) is 17.7 Å². The highest BCUT2D eigenvalue weighted by molar-refractivity contribution is 5.74. The number of rotatable bonds is 4. The SMILES string of the molecule is Cn1cc(-c2ccc(-c3ccc(O[C@@H]4C[C@H]5CCC[C@H](N5)[C@@H]4F)nn3)c(O)c2F)cn1. The predicted molar refractivity (Wildman–Crippen MR) is 110 cm³/mol. The van der Waals surface area contributed by atoms with Crippen molar-refractivity contribution < 1.29 is 18.6 Å². The lowest BCUT2D eigenvalue weighted by Gasteiger charge is -2.42. The molecule has 0 spiro atoms. The summed E-state index contributed by atoms with van der Waals surface area (Å²) in [6, 6.07) is 6.38. The number of phenolic OH excluding ortho intramolecular Hbond substituents is 1. The molecule has 2 bridgehead atoms. The molecule has 7 nitrogen and oxygen atoms in total. The number of alkyl halides is 1. The van der Waals surface area contributed by atoms with Crippen LogP contribution in [0.3, 0.4) is 0 Å². The average molecular weight is 427 g/mol. The summed E-state index contributed by atoms with van der Waals surface area (Å²) in [6.45, 7) is 0. The summed E-state index contributed by atoms with van der Waals surface area (Å²) >= 11 is 0. The summed E-state index contributed by atoms with van der Waals surface area (Å²) in [7, 11) is 1.73. The Morgan fingerprint density at radius 1 is 1.16 bits per heavy atom. The molecule has 2 aromatic heterocycles. The highest BCUT2D eigenvalue weighted by atomic mass is 19.1. The van der Waals surface area contributed by atoms with Crippen molar-refractivity contribution in [1.29, 1.82) is 0 Å². The van der Waals surface area contributed by atoms with Crippen LogP contribution in [0.5, 0.6) is 11.6 Å². The number of aromatic nitrogens is 4. The summed E-state index contributed by atoms with van der Waals surface area (Å²) in [5.74, 6) is -1.06. The summed E-state index contributed by atoms with van der Waals surface area (Å²) in [4.78, 5) is 0. The number of piperidine rings is 2. The van der Waals surface area contributed by atoms with Crippen molar-refractivity contribution in [3.63, 3.8) is 0 Å². The van der Waals surface area contributed by atoms with Crippen LogP contribution in [0.2, 0.25) is 0 Å². The average Bonchev–Trinajstić information content (AvgIpc) is 3.21. The normalized spacial score (nSPS) is 25.4. The minimum Gasteiger partial charge on any atom is -0.504 e. The predicted octanol–water partition coefficient (Wildman–Crippen LogP) is 3.39. The number of nitrogens with one attached hydrogen (secondary N) is 1. The minimum atomic E-state index is -1.10. The van der Waals surface area contributed by atoms with Gasteiger partial charge >= 0.3 is 0 Å². The number of phenols is 1. The Hall–Kier alpha value is -3.07. The number of fused-ring (bicyclic) bond motifs is 2. The molecular weight excluding hydrogens is 404 g/mol. The van der Waals surface area contributed by atoms with Gasteiger partial charge in [-0.25, -0.2) is 8.78 Å². The van der Waals surface area contributed by atoms with Gasteiger partial charge in [0.25, 0.3) is 0 Å². The second-order valence-corrected chi connectivity index (χ2v) is 8.22. The molecule has 1 aromatic carbocycles. The van der Waals surface area contributed by atoms with E-state index in [2.05, 4.69) is 20.6 Å². The maximum Gasteiger partial charge on any atom is 0.233 e. The minimum absolute atomic E-state index is 0.178. The molecule has 2 N–H and O–H groups in total. The van der Waals surface area contributed by atoms with Crippen molar-refractivity contribution in [2.24, 2.45) is 7.05 Å². The smallest absolute Gasteiger partial charge is 0.233 e. The van der Waals surface area contributed by atoms with Gasteiger partial charge in [0.15, 0.2) is 17.7 Å². The molecule has 9 heteroatoms. The van der Waals surface area contributed by atoms with Gasteiger partial charge in [0.05, 0.1) is 11.9 Å². The number of nitrogens with zero attached hydrogens (tertiary/aromatic N) is 4. The Morgan fingerprint density at radius 2 is 2.00 bits per heavy atom. The van der Waals surface area contributed by atoms with Gasteiger partial charge in [-0.3, -0.25) is 4.68 Å². The van der Waals surface area contributed by atoms with Gasteiger partial charge in [-0.2, -0.15) is 5.10 Å². The van der Waals surface area contributed by atoms with Crippen LogP contribution in [0.15, 0.2) is 36.7 Å². The van der Waals surface area contributed by atoms with Crippen LogP contribution in [-0.2, 0) is 7.05 Å². The third-order valence-corrected chi connectivity index (χ3v) is 6.09. The fourth-order valence-electron chi connectivity index (χ4n) is 4.51. The molecule has 4 heterocycles. The molecule has 162 valence electrons. The van der Waals surface area contributed by atoms with Gasteiger partial charge in [-0.15, -0.1) is 10.2 Å². The van der Waals surface area contributed by atoms with Crippen LogP contribution in [0.1, 0.15) is 25.7 Å². The van der Waals surface area contributed by atoms with Crippen LogP contribution in [0.25, 0.3) is 22.4 Å². The largest absolute Gasteiger partial charge is 0.504 e. The van der Waals surface area contributed by atoms with Gasteiger partial charge in [0.1, 0.15) is 6.10 Å². The van der Waals surface area contributed by atoms with E-state index in [1.807, 2.05) is 0 Å². The molecule has 0 unspecified atom stereocenters. The van der Waals surface area contributed by atoms with Gasteiger partial charge in [-0.05, 0) is 25.0 Å². The van der Waals surface area contributed by atoms with E-state index in [9.17, 15) is 13.9 Å².